The van der Waals surface area contributed by atoms with Crippen LogP contribution in [0.4, 0.5) is 4.39 Å². The highest BCUT2D eigenvalue weighted by atomic mass is 32.2. The average Bonchev–Trinajstić information content (AvgIpc) is 3.17. The van der Waals surface area contributed by atoms with Crippen molar-refractivity contribution < 1.29 is 17.6 Å². The Bertz CT molecular complexity index is 945. The molecular formula is C16H20FN5O3S2. The lowest BCUT2D eigenvalue weighted by Crippen LogP contribution is -2.41. The second kappa shape index (κ2) is 7.47. The largest absolute Gasteiger partial charge is 0.341 e. The van der Waals surface area contributed by atoms with Gasteiger partial charge in [-0.15, -0.1) is 10.2 Å². The number of hydrogen-bond acceptors (Lipinski definition) is 7. The van der Waals surface area contributed by atoms with Gasteiger partial charge in [0.2, 0.25) is 11.1 Å². The molecule has 0 spiro atoms. The van der Waals surface area contributed by atoms with Crippen molar-refractivity contribution >= 4 is 27.5 Å². The van der Waals surface area contributed by atoms with E-state index >= 15 is 0 Å². The molecule has 11 heteroatoms. The van der Waals surface area contributed by atoms with E-state index in [0.29, 0.717) is 23.0 Å². The van der Waals surface area contributed by atoms with Crippen LogP contribution in [0.1, 0.15) is 13.3 Å². The molecule has 1 aromatic heterocycles. The lowest BCUT2D eigenvalue weighted by molar-refractivity contribution is -0.130. The Balaban J connectivity index is 1.70. The van der Waals surface area contributed by atoms with Crippen molar-refractivity contribution in [2.45, 2.75) is 29.8 Å². The summed E-state index contributed by atoms with van der Waals surface area (Å²) in [4.78, 5) is 14.1. The third-order valence-corrected chi connectivity index (χ3v) is 7.30. The number of sulfone groups is 1. The Labute approximate surface area is 160 Å². The fourth-order valence-electron chi connectivity index (χ4n) is 2.91. The van der Waals surface area contributed by atoms with Gasteiger partial charge in [0.1, 0.15) is 5.82 Å². The number of thioether (sulfide) groups is 1. The molecule has 0 saturated carbocycles. The van der Waals surface area contributed by atoms with E-state index in [0.717, 1.165) is 11.8 Å². The molecule has 8 nitrogen and oxygen atoms in total. The maximum atomic E-state index is 13.1. The number of aromatic nitrogens is 3. The summed E-state index contributed by atoms with van der Waals surface area (Å²) in [5.74, 6) is 5.91. The molecule has 1 amide bonds. The van der Waals surface area contributed by atoms with Crippen molar-refractivity contribution in [2.24, 2.45) is 0 Å². The first-order valence-corrected chi connectivity index (χ1v) is 11.0. The first-order valence-electron chi connectivity index (χ1n) is 8.28. The number of nitrogens with zero attached hydrogens (tertiary/aromatic N) is 4. The van der Waals surface area contributed by atoms with Crippen LogP contribution in [0.5, 0.6) is 0 Å². The average molecular weight is 414 g/mol. The summed E-state index contributed by atoms with van der Waals surface area (Å²) >= 11 is 1.13. The van der Waals surface area contributed by atoms with E-state index < -0.39 is 15.1 Å². The van der Waals surface area contributed by atoms with Crippen LogP contribution in [0.25, 0.3) is 11.4 Å². The summed E-state index contributed by atoms with van der Waals surface area (Å²) in [6.45, 7) is 1.71. The lowest BCUT2D eigenvalue weighted by atomic mass is 10.2. The van der Waals surface area contributed by atoms with Gasteiger partial charge in [-0.25, -0.2) is 17.5 Å². The summed E-state index contributed by atoms with van der Waals surface area (Å²) in [5, 5.41) is 7.83. The molecule has 2 atom stereocenters. The Kier molecular flexibility index (Phi) is 5.43. The quantitative estimate of drug-likeness (QED) is 0.573. The lowest BCUT2D eigenvalue weighted by Gasteiger charge is -2.26. The summed E-state index contributed by atoms with van der Waals surface area (Å²) in [6.07, 6.45) is 0.448. The van der Waals surface area contributed by atoms with E-state index in [4.69, 9.17) is 5.84 Å². The Morgan fingerprint density at radius 1 is 1.37 bits per heavy atom. The fraction of sp³-hybridized carbons (Fsp3) is 0.438. The monoisotopic (exact) mass is 413 g/mol. The highest BCUT2D eigenvalue weighted by molar-refractivity contribution is 8.00. The number of nitrogen functional groups attached to an aromatic ring is 1. The van der Waals surface area contributed by atoms with Crippen molar-refractivity contribution in [2.75, 3.05) is 24.4 Å². The van der Waals surface area contributed by atoms with Gasteiger partial charge in [0.15, 0.2) is 15.7 Å². The Morgan fingerprint density at radius 3 is 2.63 bits per heavy atom. The minimum absolute atomic E-state index is 0.00554. The molecule has 0 radical (unpaired) electrons. The molecule has 1 fully saturated rings. The fourth-order valence-corrected chi connectivity index (χ4v) is 5.55. The van der Waals surface area contributed by atoms with Crippen LogP contribution in [0, 0.1) is 5.82 Å². The van der Waals surface area contributed by atoms with Crippen LogP contribution in [-0.4, -0.2) is 63.9 Å². The molecule has 1 aliphatic rings. The van der Waals surface area contributed by atoms with E-state index in [9.17, 15) is 17.6 Å². The van der Waals surface area contributed by atoms with Crippen molar-refractivity contribution in [3.8, 4) is 11.4 Å². The molecule has 1 aromatic carbocycles. The molecular weight excluding hydrogens is 393 g/mol. The van der Waals surface area contributed by atoms with Crippen LogP contribution in [0.15, 0.2) is 29.4 Å². The van der Waals surface area contributed by atoms with Gasteiger partial charge in [-0.2, -0.15) is 0 Å². The van der Waals surface area contributed by atoms with Gasteiger partial charge in [0.25, 0.3) is 0 Å². The number of carbonyl (C=O) groups excluding carboxylic acids is 1. The number of hydrogen-bond donors (Lipinski definition) is 1. The third-order valence-electron chi connectivity index (χ3n) is 4.50. The predicted molar refractivity (Wildman–Crippen MR) is 101 cm³/mol. The maximum absolute atomic E-state index is 13.1. The zero-order valence-electron chi connectivity index (χ0n) is 14.9. The van der Waals surface area contributed by atoms with Gasteiger partial charge in [-0.05, 0) is 37.6 Å². The zero-order chi connectivity index (χ0) is 19.8. The van der Waals surface area contributed by atoms with E-state index in [1.807, 2.05) is 0 Å². The normalized spacial score (nSPS) is 19.7. The smallest absolute Gasteiger partial charge is 0.235 e. The minimum Gasteiger partial charge on any atom is -0.341 e. The minimum atomic E-state index is -3.07. The maximum Gasteiger partial charge on any atom is 0.235 e. The number of benzene rings is 1. The van der Waals surface area contributed by atoms with Crippen LogP contribution in [-0.2, 0) is 14.6 Å². The molecule has 27 heavy (non-hydrogen) atoms. The highest BCUT2D eigenvalue weighted by Gasteiger charge is 2.34. The van der Waals surface area contributed by atoms with Crippen LogP contribution in [0.3, 0.4) is 0 Å². The van der Waals surface area contributed by atoms with E-state index in [-0.39, 0.29) is 29.3 Å². The van der Waals surface area contributed by atoms with Crippen molar-refractivity contribution in [3.05, 3.63) is 30.1 Å². The van der Waals surface area contributed by atoms with Gasteiger partial charge in [0, 0.05) is 18.7 Å². The molecule has 0 unspecified atom stereocenters. The molecule has 1 aliphatic heterocycles. The standard InChI is InChI=1S/C16H20FN5O3S2/c1-10(15(23)21(2)13-7-8-27(24,25)9-13)26-16-20-19-14(22(16)18)11-3-5-12(17)6-4-11/h3-6,10,13H,7-9,18H2,1-2H3/t10-,13-/m0/s1. The summed E-state index contributed by atoms with van der Waals surface area (Å²) in [6, 6.07) is 5.37. The first-order chi connectivity index (χ1) is 12.7. The molecule has 0 aliphatic carbocycles. The number of rotatable bonds is 5. The molecule has 2 aromatic rings. The van der Waals surface area contributed by atoms with Gasteiger partial charge < -0.3 is 10.7 Å². The van der Waals surface area contributed by atoms with Crippen molar-refractivity contribution in [1.82, 2.24) is 19.8 Å². The highest BCUT2D eigenvalue weighted by Crippen LogP contribution is 2.27. The summed E-state index contributed by atoms with van der Waals surface area (Å²) < 4.78 is 37.6. The first kappa shape index (κ1) is 19.6. The second-order valence-electron chi connectivity index (χ2n) is 6.45. The van der Waals surface area contributed by atoms with Gasteiger partial charge in [-0.3, -0.25) is 4.79 Å². The second-order valence-corrected chi connectivity index (χ2v) is 9.99. The number of nitrogens with two attached hydrogens (primary N) is 1. The number of halogens is 1. The van der Waals surface area contributed by atoms with E-state index in [1.165, 1.54) is 21.7 Å². The van der Waals surface area contributed by atoms with E-state index in [2.05, 4.69) is 10.2 Å². The SMILES string of the molecule is C[C@H](Sc1nnc(-c2ccc(F)cc2)n1N)C(=O)N(C)[C@H]1CCS(=O)(=O)C1. The van der Waals surface area contributed by atoms with Gasteiger partial charge >= 0.3 is 0 Å². The topological polar surface area (TPSA) is 111 Å². The third kappa shape index (κ3) is 4.24. The molecule has 2 N–H and O–H groups in total. The van der Waals surface area contributed by atoms with Gasteiger partial charge in [-0.1, -0.05) is 11.8 Å². The summed E-state index contributed by atoms with van der Waals surface area (Å²) in [5.41, 5.74) is 0.602. The predicted octanol–water partition coefficient (Wildman–Crippen LogP) is 0.924. The Hall–Kier alpha value is -2.14. The molecule has 2 heterocycles. The Morgan fingerprint density at radius 2 is 2.04 bits per heavy atom. The molecule has 146 valence electrons. The van der Waals surface area contributed by atoms with Crippen LogP contribution < -0.4 is 5.84 Å². The van der Waals surface area contributed by atoms with Crippen molar-refractivity contribution in [3.63, 3.8) is 0 Å². The summed E-state index contributed by atoms with van der Waals surface area (Å²) in [7, 11) is -1.46. The number of amides is 1. The van der Waals surface area contributed by atoms with E-state index in [1.54, 1.807) is 26.1 Å². The molecule has 0 bridgehead atoms. The van der Waals surface area contributed by atoms with Crippen LogP contribution >= 0.6 is 11.8 Å². The van der Waals surface area contributed by atoms with Gasteiger partial charge in [0.05, 0.1) is 16.8 Å². The molecule has 1 saturated heterocycles. The van der Waals surface area contributed by atoms with Crippen molar-refractivity contribution in [1.29, 1.82) is 0 Å². The van der Waals surface area contributed by atoms with Crippen LogP contribution in [0.2, 0.25) is 0 Å². The number of carbonyl (C=O) groups is 1. The molecule has 3 rings (SSSR count). The zero-order valence-corrected chi connectivity index (χ0v) is 16.5.